The summed E-state index contributed by atoms with van der Waals surface area (Å²) in [6, 6.07) is 4.96. The van der Waals surface area contributed by atoms with Crippen LogP contribution >= 0.6 is 0 Å². The van der Waals surface area contributed by atoms with E-state index in [1.165, 1.54) is 0 Å². The van der Waals surface area contributed by atoms with E-state index in [4.69, 9.17) is 10.5 Å². The SMILES string of the molecule is COc1ccc(C(=O)N[C@@H]2CCCC[C@H]2N)cc1N1CCNC1=O. The van der Waals surface area contributed by atoms with Crippen LogP contribution in [-0.4, -0.2) is 44.2 Å². The van der Waals surface area contributed by atoms with E-state index in [0.717, 1.165) is 25.7 Å². The highest BCUT2D eigenvalue weighted by atomic mass is 16.5. The Hall–Kier alpha value is -2.28. The van der Waals surface area contributed by atoms with Gasteiger partial charge in [0.1, 0.15) is 5.75 Å². The average molecular weight is 332 g/mol. The molecule has 3 rings (SSSR count). The Morgan fingerprint density at radius 2 is 2.17 bits per heavy atom. The van der Waals surface area contributed by atoms with Crippen molar-refractivity contribution in [3.05, 3.63) is 23.8 Å². The molecule has 2 fully saturated rings. The van der Waals surface area contributed by atoms with E-state index in [-0.39, 0.29) is 24.0 Å². The summed E-state index contributed by atoms with van der Waals surface area (Å²) in [6.45, 7) is 1.13. The number of ether oxygens (including phenoxy) is 1. The lowest BCUT2D eigenvalue weighted by atomic mass is 9.91. The molecule has 3 amide bonds. The van der Waals surface area contributed by atoms with E-state index >= 15 is 0 Å². The molecule has 2 aliphatic rings. The molecular formula is C17H24N4O3. The molecule has 130 valence electrons. The number of nitrogens with zero attached hydrogens (tertiary/aromatic N) is 1. The molecule has 1 aliphatic carbocycles. The van der Waals surface area contributed by atoms with Crippen molar-refractivity contribution >= 4 is 17.6 Å². The highest BCUT2D eigenvalue weighted by Gasteiger charge is 2.27. The summed E-state index contributed by atoms with van der Waals surface area (Å²) >= 11 is 0. The first-order chi connectivity index (χ1) is 11.6. The van der Waals surface area contributed by atoms with Gasteiger partial charge in [-0.1, -0.05) is 12.8 Å². The molecule has 1 aromatic carbocycles. The van der Waals surface area contributed by atoms with Gasteiger partial charge < -0.3 is 21.1 Å². The summed E-state index contributed by atoms with van der Waals surface area (Å²) in [5.41, 5.74) is 7.21. The normalized spacial score (nSPS) is 23.8. The number of nitrogens with one attached hydrogen (secondary N) is 2. The van der Waals surface area contributed by atoms with Gasteiger partial charge in [-0.15, -0.1) is 0 Å². The second kappa shape index (κ2) is 7.09. The lowest BCUT2D eigenvalue weighted by Crippen LogP contribution is -2.49. The van der Waals surface area contributed by atoms with Gasteiger partial charge in [-0.25, -0.2) is 4.79 Å². The summed E-state index contributed by atoms with van der Waals surface area (Å²) in [6.07, 6.45) is 4.04. The Balaban J connectivity index is 1.80. The van der Waals surface area contributed by atoms with Crippen molar-refractivity contribution in [2.24, 2.45) is 5.73 Å². The van der Waals surface area contributed by atoms with E-state index < -0.39 is 0 Å². The molecule has 4 N–H and O–H groups in total. The maximum atomic E-state index is 12.6. The van der Waals surface area contributed by atoms with E-state index in [0.29, 0.717) is 30.1 Å². The molecule has 0 radical (unpaired) electrons. The summed E-state index contributed by atoms with van der Waals surface area (Å²) in [4.78, 5) is 26.1. The van der Waals surface area contributed by atoms with Crippen LogP contribution in [0.4, 0.5) is 10.5 Å². The fraction of sp³-hybridized carbons (Fsp3) is 0.529. The van der Waals surface area contributed by atoms with Crippen molar-refractivity contribution in [3.63, 3.8) is 0 Å². The largest absolute Gasteiger partial charge is 0.495 e. The molecule has 0 bridgehead atoms. The van der Waals surface area contributed by atoms with Gasteiger partial charge in [0.05, 0.1) is 12.8 Å². The monoisotopic (exact) mass is 332 g/mol. The van der Waals surface area contributed by atoms with Gasteiger partial charge in [-0.3, -0.25) is 9.69 Å². The smallest absolute Gasteiger partial charge is 0.322 e. The Kier molecular flexibility index (Phi) is 4.89. The maximum Gasteiger partial charge on any atom is 0.322 e. The van der Waals surface area contributed by atoms with Crippen molar-refractivity contribution < 1.29 is 14.3 Å². The number of carbonyl (C=O) groups excluding carboxylic acids is 2. The van der Waals surface area contributed by atoms with Crippen LogP contribution in [-0.2, 0) is 0 Å². The standard InChI is InChI=1S/C17H24N4O3/c1-24-15-7-6-11(10-14(15)21-9-8-19-17(21)23)16(22)20-13-5-3-2-4-12(13)18/h6-7,10,12-13H,2-5,8-9,18H2,1H3,(H,19,23)(H,20,22)/t12-,13-/m1/s1. The molecule has 1 aromatic rings. The second-order valence-corrected chi connectivity index (χ2v) is 6.30. The molecule has 1 saturated heterocycles. The van der Waals surface area contributed by atoms with Gasteiger partial charge >= 0.3 is 6.03 Å². The van der Waals surface area contributed by atoms with Crippen molar-refractivity contribution in [3.8, 4) is 5.75 Å². The highest BCUT2D eigenvalue weighted by molar-refractivity contribution is 6.00. The van der Waals surface area contributed by atoms with Crippen LogP contribution in [0.25, 0.3) is 0 Å². The third-order valence-electron chi connectivity index (χ3n) is 4.72. The molecular weight excluding hydrogens is 308 g/mol. The highest BCUT2D eigenvalue weighted by Crippen LogP contribution is 2.30. The second-order valence-electron chi connectivity index (χ2n) is 6.30. The van der Waals surface area contributed by atoms with E-state index in [1.807, 2.05) is 0 Å². The number of benzene rings is 1. The predicted molar refractivity (Wildman–Crippen MR) is 91.4 cm³/mol. The number of nitrogens with two attached hydrogens (primary N) is 1. The Labute approximate surface area is 141 Å². The number of anilines is 1. The van der Waals surface area contributed by atoms with E-state index in [2.05, 4.69) is 10.6 Å². The quantitative estimate of drug-likeness (QED) is 0.772. The van der Waals surface area contributed by atoms with Gasteiger partial charge in [0.25, 0.3) is 5.91 Å². The third kappa shape index (κ3) is 3.31. The third-order valence-corrected chi connectivity index (χ3v) is 4.72. The number of methoxy groups -OCH3 is 1. The van der Waals surface area contributed by atoms with Crippen molar-refractivity contribution in [2.75, 3.05) is 25.1 Å². The zero-order valence-electron chi connectivity index (χ0n) is 13.9. The van der Waals surface area contributed by atoms with Crippen LogP contribution in [0.15, 0.2) is 18.2 Å². The first-order valence-corrected chi connectivity index (χ1v) is 8.40. The molecule has 24 heavy (non-hydrogen) atoms. The van der Waals surface area contributed by atoms with Gasteiger partial charge in [-0.05, 0) is 31.0 Å². The number of amides is 3. The van der Waals surface area contributed by atoms with E-state index in [9.17, 15) is 9.59 Å². The number of carbonyl (C=O) groups is 2. The Morgan fingerprint density at radius 3 is 2.83 bits per heavy atom. The van der Waals surface area contributed by atoms with Crippen LogP contribution in [0, 0.1) is 0 Å². The number of hydrogen-bond acceptors (Lipinski definition) is 4. The minimum absolute atomic E-state index is 0.00442. The van der Waals surface area contributed by atoms with Crippen LogP contribution in [0.3, 0.4) is 0 Å². The first kappa shape index (κ1) is 16.6. The van der Waals surface area contributed by atoms with Crippen LogP contribution in [0.2, 0.25) is 0 Å². The Morgan fingerprint density at radius 1 is 1.38 bits per heavy atom. The summed E-state index contributed by atoms with van der Waals surface area (Å²) < 4.78 is 5.33. The summed E-state index contributed by atoms with van der Waals surface area (Å²) in [5.74, 6) is 0.402. The summed E-state index contributed by atoms with van der Waals surface area (Å²) in [5, 5.41) is 5.78. The topological polar surface area (TPSA) is 96.7 Å². The van der Waals surface area contributed by atoms with Crippen molar-refractivity contribution in [1.82, 2.24) is 10.6 Å². The van der Waals surface area contributed by atoms with Gasteiger partial charge in [0.2, 0.25) is 0 Å². The van der Waals surface area contributed by atoms with Gasteiger partial charge in [0, 0.05) is 30.7 Å². The van der Waals surface area contributed by atoms with Crippen LogP contribution in [0.5, 0.6) is 5.75 Å². The van der Waals surface area contributed by atoms with Crippen LogP contribution < -0.4 is 26.0 Å². The molecule has 0 unspecified atom stereocenters. The fourth-order valence-corrected chi connectivity index (χ4v) is 3.33. The predicted octanol–water partition coefficient (Wildman–Crippen LogP) is 1.22. The lowest BCUT2D eigenvalue weighted by Gasteiger charge is -2.29. The average Bonchev–Trinajstić information content (AvgIpc) is 3.02. The van der Waals surface area contributed by atoms with E-state index in [1.54, 1.807) is 30.2 Å². The molecule has 7 nitrogen and oxygen atoms in total. The molecule has 0 spiro atoms. The zero-order chi connectivity index (χ0) is 17.1. The lowest BCUT2D eigenvalue weighted by molar-refractivity contribution is 0.0921. The van der Waals surface area contributed by atoms with Crippen LogP contribution in [0.1, 0.15) is 36.0 Å². The van der Waals surface area contributed by atoms with Crippen molar-refractivity contribution in [2.45, 2.75) is 37.8 Å². The first-order valence-electron chi connectivity index (χ1n) is 8.40. The minimum atomic E-state index is -0.180. The molecule has 0 aromatic heterocycles. The number of hydrogen-bond donors (Lipinski definition) is 3. The number of rotatable bonds is 4. The molecule has 2 atom stereocenters. The zero-order valence-corrected chi connectivity index (χ0v) is 13.9. The maximum absolute atomic E-state index is 12.6. The Bertz CT molecular complexity index is 634. The van der Waals surface area contributed by atoms with Gasteiger partial charge in [-0.2, -0.15) is 0 Å². The van der Waals surface area contributed by atoms with Crippen molar-refractivity contribution in [1.29, 1.82) is 0 Å². The minimum Gasteiger partial charge on any atom is -0.495 e. The molecule has 1 aliphatic heterocycles. The molecule has 7 heteroatoms. The molecule has 1 saturated carbocycles. The summed E-state index contributed by atoms with van der Waals surface area (Å²) in [7, 11) is 1.55. The number of urea groups is 1. The fourth-order valence-electron chi connectivity index (χ4n) is 3.33. The molecule has 1 heterocycles. The van der Waals surface area contributed by atoms with Gasteiger partial charge in [0.15, 0.2) is 0 Å².